The Bertz CT molecular complexity index is 557. The monoisotopic (exact) mass is 318 g/mol. The molecule has 0 saturated heterocycles. The van der Waals surface area contributed by atoms with E-state index in [0.29, 0.717) is 12.9 Å². The maximum Gasteiger partial charge on any atom is 0.329 e. The number of benzene rings is 1. The molecule has 0 radical (unpaired) electrons. The zero-order valence-corrected chi connectivity index (χ0v) is 13.6. The van der Waals surface area contributed by atoms with Gasteiger partial charge in [0.1, 0.15) is 12.5 Å². The summed E-state index contributed by atoms with van der Waals surface area (Å²) in [7, 11) is 1.52. The molecule has 0 aliphatic rings. The highest BCUT2D eigenvalue weighted by Gasteiger charge is 2.25. The molecular weight excluding hydrogens is 296 g/mol. The van der Waals surface area contributed by atoms with Crippen molar-refractivity contribution in [1.29, 1.82) is 0 Å². The van der Waals surface area contributed by atoms with Crippen LogP contribution >= 0.6 is 0 Å². The van der Waals surface area contributed by atoms with Gasteiger partial charge in [-0.15, -0.1) is 0 Å². The topological polar surface area (TPSA) is 66.9 Å². The number of carbonyl (C=O) groups excluding carboxylic acids is 3. The molecule has 0 heterocycles. The van der Waals surface area contributed by atoms with Gasteiger partial charge in [-0.2, -0.15) is 0 Å². The van der Waals surface area contributed by atoms with Gasteiger partial charge in [0.05, 0.1) is 6.54 Å². The van der Waals surface area contributed by atoms with Crippen molar-refractivity contribution < 1.29 is 19.1 Å². The normalized spacial score (nSPS) is 12.0. The average molecular weight is 318 g/mol. The molecule has 23 heavy (non-hydrogen) atoms. The van der Waals surface area contributed by atoms with Crippen LogP contribution in [0.3, 0.4) is 0 Å². The highest BCUT2D eigenvalue weighted by atomic mass is 16.5. The van der Waals surface area contributed by atoms with Crippen molar-refractivity contribution in [2.75, 3.05) is 20.2 Å². The number of hydrogen-bond acceptors (Lipinski definition) is 4. The van der Waals surface area contributed by atoms with E-state index < -0.39 is 18.2 Å². The van der Waals surface area contributed by atoms with Crippen LogP contribution in [0.2, 0.25) is 0 Å². The van der Waals surface area contributed by atoms with E-state index in [1.54, 1.807) is 13.0 Å². The Balaban J connectivity index is 2.83. The first-order valence-corrected chi connectivity index (χ1v) is 7.37. The maximum atomic E-state index is 12.4. The second-order valence-corrected chi connectivity index (χ2v) is 4.81. The summed E-state index contributed by atoms with van der Waals surface area (Å²) in [5.74, 6) is -0.554. The molecule has 6 nitrogen and oxygen atoms in total. The second kappa shape index (κ2) is 9.53. The summed E-state index contributed by atoms with van der Waals surface area (Å²) in [4.78, 5) is 37.5. The Labute approximate surface area is 136 Å². The number of hydrogen-bond donors (Lipinski definition) is 0. The lowest BCUT2D eigenvalue weighted by atomic mass is 10.2. The van der Waals surface area contributed by atoms with Crippen LogP contribution in [0, 0.1) is 0 Å². The molecule has 0 N–H and O–H groups in total. The van der Waals surface area contributed by atoms with Crippen LogP contribution in [0.4, 0.5) is 4.79 Å². The van der Waals surface area contributed by atoms with E-state index in [4.69, 9.17) is 4.74 Å². The Morgan fingerprint density at radius 2 is 1.91 bits per heavy atom. The lowest BCUT2D eigenvalue weighted by molar-refractivity contribution is -0.126. The summed E-state index contributed by atoms with van der Waals surface area (Å²) < 4.78 is 5.32. The fourth-order valence-corrected chi connectivity index (χ4v) is 1.86. The predicted octanol–water partition coefficient (Wildman–Crippen LogP) is 2.16. The standard InChI is InChI=1S/C17H22N2O4/c1-4-23-14(2)18(3)17(22)19(12-13-20)16(21)11-10-15-8-6-5-7-9-15/h5-11,13-14H,4,12H2,1-3H3/b11-10+. The highest BCUT2D eigenvalue weighted by molar-refractivity contribution is 6.03. The number of imide groups is 1. The van der Waals surface area contributed by atoms with E-state index in [1.807, 2.05) is 37.3 Å². The van der Waals surface area contributed by atoms with Crippen LogP contribution in [0.5, 0.6) is 0 Å². The Morgan fingerprint density at radius 3 is 2.48 bits per heavy atom. The van der Waals surface area contributed by atoms with Gasteiger partial charge in [-0.05, 0) is 25.5 Å². The molecule has 1 atom stereocenters. The molecule has 6 heteroatoms. The van der Waals surface area contributed by atoms with Crippen molar-refractivity contribution in [2.45, 2.75) is 20.1 Å². The zero-order valence-electron chi connectivity index (χ0n) is 13.6. The first kappa shape index (κ1) is 18.6. The SMILES string of the molecule is CCOC(C)N(C)C(=O)N(CC=O)C(=O)/C=C/c1ccccc1. The molecule has 0 aromatic heterocycles. The number of amides is 3. The molecule has 0 fully saturated rings. The molecule has 124 valence electrons. The minimum Gasteiger partial charge on any atom is -0.359 e. The highest BCUT2D eigenvalue weighted by Crippen LogP contribution is 2.06. The van der Waals surface area contributed by atoms with Crippen LogP contribution in [-0.2, 0) is 14.3 Å². The maximum absolute atomic E-state index is 12.4. The summed E-state index contributed by atoms with van der Waals surface area (Å²) in [6, 6.07) is 8.64. The molecule has 0 bridgehead atoms. The van der Waals surface area contributed by atoms with Crippen molar-refractivity contribution in [3.05, 3.63) is 42.0 Å². The lowest BCUT2D eigenvalue weighted by Gasteiger charge is -2.29. The van der Waals surface area contributed by atoms with Gasteiger partial charge in [0.2, 0.25) is 0 Å². The van der Waals surface area contributed by atoms with Crippen LogP contribution in [0.1, 0.15) is 19.4 Å². The number of carbonyl (C=O) groups is 3. The van der Waals surface area contributed by atoms with Crippen molar-refractivity contribution in [3.63, 3.8) is 0 Å². The van der Waals surface area contributed by atoms with Crippen LogP contribution in [-0.4, -0.2) is 54.5 Å². The van der Waals surface area contributed by atoms with Crippen LogP contribution in [0.25, 0.3) is 6.08 Å². The fraction of sp³-hybridized carbons (Fsp3) is 0.353. The van der Waals surface area contributed by atoms with Gasteiger partial charge < -0.3 is 14.4 Å². The van der Waals surface area contributed by atoms with Crippen molar-refractivity contribution in [3.8, 4) is 0 Å². The number of aldehydes is 1. The largest absolute Gasteiger partial charge is 0.359 e. The second-order valence-electron chi connectivity index (χ2n) is 4.81. The van der Waals surface area contributed by atoms with E-state index >= 15 is 0 Å². The fourth-order valence-electron chi connectivity index (χ4n) is 1.86. The third-order valence-corrected chi connectivity index (χ3v) is 3.23. The molecule has 1 aromatic rings. The summed E-state index contributed by atoms with van der Waals surface area (Å²) >= 11 is 0. The van der Waals surface area contributed by atoms with Crippen LogP contribution in [0.15, 0.2) is 36.4 Å². The first-order valence-electron chi connectivity index (χ1n) is 7.37. The third kappa shape index (κ3) is 5.67. The Hall–Kier alpha value is -2.47. The summed E-state index contributed by atoms with van der Waals surface area (Å²) in [5, 5.41) is 0. The number of nitrogens with zero attached hydrogens (tertiary/aromatic N) is 2. The van der Waals surface area contributed by atoms with Crippen molar-refractivity contribution in [2.24, 2.45) is 0 Å². The smallest absolute Gasteiger partial charge is 0.329 e. The van der Waals surface area contributed by atoms with Gasteiger partial charge in [0.25, 0.3) is 5.91 Å². The zero-order chi connectivity index (χ0) is 17.2. The molecule has 0 spiro atoms. The van der Waals surface area contributed by atoms with Gasteiger partial charge in [-0.25, -0.2) is 4.79 Å². The van der Waals surface area contributed by atoms with E-state index in [0.717, 1.165) is 10.5 Å². The predicted molar refractivity (Wildman–Crippen MR) is 87.5 cm³/mol. The number of rotatable bonds is 7. The molecule has 3 amide bonds. The molecule has 0 aliphatic carbocycles. The van der Waals surface area contributed by atoms with Gasteiger partial charge in [0, 0.05) is 19.7 Å². The lowest BCUT2D eigenvalue weighted by Crippen LogP contribution is -2.48. The van der Waals surface area contributed by atoms with Gasteiger partial charge in [-0.1, -0.05) is 30.3 Å². The van der Waals surface area contributed by atoms with Gasteiger partial charge >= 0.3 is 6.03 Å². The van der Waals surface area contributed by atoms with Crippen molar-refractivity contribution >= 4 is 24.3 Å². The third-order valence-electron chi connectivity index (χ3n) is 3.23. The Kier molecular flexibility index (Phi) is 7.70. The summed E-state index contributed by atoms with van der Waals surface area (Å²) in [6.45, 7) is 3.64. The Morgan fingerprint density at radius 1 is 1.26 bits per heavy atom. The van der Waals surface area contributed by atoms with E-state index in [-0.39, 0.29) is 6.54 Å². The molecule has 1 aromatic carbocycles. The number of ether oxygens (including phenoxy) is 1. The quantitative estimate of drug-likeness (QED) is 0.439. The summed E-state index contributed by atoms with van der Waals surface area (Å²) in [6.07, 6.45) is 2.90. The number of urea groups is 1. The van der Waals surface area contributed by atoms with Gasteiger partial charge in [-0.3, -0.25) is 9.69 Å². The van der Waals surface area contributed by atoms with Crippen molar-refractivity contribution in [1.82, 2.24) is 9.80 Å². The minimum atomic E-state index is -0.583. The van der Waals surface area contributed by atoms with E-state index in [9.17, 15) is 14.4 Å². The molecule has 1 rings (SSSR count). The van der Waals surface area contributed by atoms with Crippen LogP contribution < -0.4 is 0 Å². The molecule has 0 aliphatic heterocycles. The summed E-state index contributed by atoms with van der Waals surface area (Å²) in [5.41, 5.74) is 0.829. The minimum absolute atomic E-state index is 0.306. The molecule has 1 unspecified atom stereocenters. The average Bonchev–Trinajstić information content (AvgIpc) is 2.57. The van der Waals surface area contributed by atoms with Gasteiger partial charge in [0.15, 0.2) is 0 Å². The molecule has 0 saturated carbocycles. The molecular formula is C17H22N2O4. The van der Waals surface area contributed by atoms with E-state index in [2.05, 4.69) is 0 Å². The first-order chi connectivity index (χ1) is 11.0. The van der Waals surface area contributed by atoms with E-state index in [1.165, 1.54) is 18.0 Å².